The summed E-state index contributed by atoms with van der Waals surface area (Å²) in [5.41, 5.74) is 7.41. The molecule has 4 heteroatoms. The van der Waals surface area contributed by atoms with Crippen LogP contribution >= 0.6 is 11.8 Å². The molecule has 3 rings (SSSR count). The SMILES string of the molecule is Cc1cccc(N=C2NN=C(c3ccccc3)CS2)c1. The second kappa shape index (κ2) is 5.92. The molecule has 1 aliphatic heterocycles. The second-order valence-corrected chi connectivity index (χ2v) is 5.55. The largest absolute Gasteiger partial charge is 0.255 e. The van der Waals surface area contributed by atoms with Gasteiger partial charge in [0.25, 0.3) is 0 Å². The molecule has 0 radical (unpaired) electrons. The van der Waals surface area contributed by atoms with Gasteiger partial charge in [0.2, 0.25) is 0 Å². The average Bonchev–Trinajstić information content (AvgIpc) is 2.49. The summed E-state index contributed by atoms with van der Waals surface area (Å²) in [6.45, 7) is 2.07. The summed E-state index contributed by atoms with van der Waals surface area (Å²) in [7, 11) is 0. The molecule has 100 valence electrons. The van der Waals surface area contributed by atoms with Gasteiger partial charge >= 0.3 is 0 Å². The predicted molar refractivity (Wildman–Crippen MR) is 86.8 cm³/mol. The number of hydrazone groups is 1. The van der Waals surface area contributed by atoms with E-state index in [-0.39, 0.29) is 0 Å². The van der Waals surface area contributed by atoms with Crippen LogP contribution in [0.4, 0.5) is 5.69 Å². The zero-order valence-electron chi connectivity index (χ0n) is 11.2. The summed E-state index contributed by atoms with van der Waals surface area (Å²) in [6, 6.07) is 18.4. The molecule has 3 nitrogen and oxygen atoms in total. The maximum Gasteiger partial charge on any atom is 0.182 e. The van der Waals surface area contributed by atoms with E-state index in [4.69, 9.17) is 0 Å². The van der Waals surface area contributed by atoms with Crippen molar-refractivity contribution in [3.63, 3.8) is 0 Å². The number of aliphatic imine (C=N–C) groups is 1. The van der Waals surface area contributed by atoms with Crippen LogP contribution < -0.4 is 5.43 Å². The molecule has 2 aromatic carbocycles. The number of hydrogen-bond acceptors (Lipinski definition) is 3. The van der Waals surface area contributed by atoms with Gasteiger partial charge in [0.05, 0.1) is 11.4 Å². The van der Waals surface area contributed by atoms with Gasteiger partial charge in [-0.3, -0.25) is 5.43 Å². The van der Waals surface area contributed by atoms with Crippen molar-refractivity contribution in [2.24, 2.45) is 10.1 Å². The van der Waals surface area contributed by atoms with Gasteiger partial charge in [-0.25, -0.2) is 4.99 Å². The highest BCUT2D eigenvalue weighted by atomic mass is 32.2. The third-order valence-corrected chi connectivity index (χ3v) is 3.85. The zero-order valence-corrected chi connectivity index (χ0v) is 12.0. The van der Waals surface area contributed by atoms with Gasteiger partial charge in [0, 0.05) is 5.75 Å². The summed E-state index contributed by atoms with van der Waals surface area (Å²) >= 11 is 1.67. The van der Waals surface area contributed by atoms with Crippen molar-refractivity contribution in [2.75, 3.05) is 5.75 Å². The Morgan fingerprint density at radius 1 is 1.10 bits per heavy atom. The summed E-state index contributed by atoms with van der Waals surface area (Å²) in [4.78, 5) is 4.57. The summed E-state index contributed by atoms with van der Waals surface area (Å²) in [6.07, 6.45) is 0. The van der Waals surface area contributed by atoms with Gasteiger partial charge in [-0.1, -0.05) is 54.2 Å². The first-order valence-corrected chi connectivity index (χ1v) is 7.46. The number of thioether (sulfide) groups is 1. The van der Waals surface area contributed by atoms with Crippen LogP contribution in [0.1, 0.15) is 11.1 Å². The fraction of sp³-hybridized carbons (Fsp3) is 0.125. The van der Waals surface area contributed by atoms with Crippen LogP contribution in [0.3, 0.4) is 0 Å². The van der Waals surface area contributed by atoms with Gasteiger partial charge in [-0.15, -0.1) is 0 Å². The molecule has 1 aliphatic rings. The molecule has 0 atom stereocenters. The van der Waals surface area contributed by atoms with Crippen LogP contribution in [0.5, 0.6) is 0 Å². The Bertz CT molecular complexity index is 662. The third-order valence-electron chi connectivity index (χ3n) is 2.97. The number of hydrogen-bond donors (Lipinski definition) is 1. The average molecular weight is 281 g/mol. The summed E-state index contributed by atoms with van der Waals surface area (Å²) in [5.74, 6) is 0.835. The number of nitrogens with zero attached hydrogens (tertiary/aromatic N) is 2. The molecule has 0 bridgehead atoms. The first-order chi connectivity index (χ1) is 9.81. The maximum atomic E-state index is 4.57. The molecule has 0 saturated carbocycles. The van der Waals surface area contributed by atoms with Crippen molar-refractivity contribution < 1.29 is 0 Å². The molecule has 1 N–H and O–H groups in total. The van der Waals surface area contributed by atoms with Crippen molar-refractivity contribution >= 4 is 28.3 Å². The Kier molecular flexibility index (Phi) is 3.83. The normalized spacial score (nSPS) is 16.6. The Balaban J connectivity index is 1.76. The molecule has 0 fully saturated rings. The van der Waals surface area contributed by atoms with E-state index < -0.39 is 0 Å². The molecule has 0 amide bonds. The monoisotopic (exact) mass is 281 g/mol. The molecular weight excluding hydrogens is 266 g/mol. The van der Waals surface area contributed by atoms with E-state index in [1.165, 1.54) is 5.56 Å². The van der Waals surface area contributed by atoms with E-state index in [9.17, 15) is 0 Å². The van der Waals surface area contributed by atoms with Crippen LogP contribution in [0.15, 0.2) is 64.7 Å². The lowest BCUT2D eigenvalue weighted by Gasteiger charge is -2.14. The Morgan fingerprint density at radius 3 is 2.65 bits per heavy atom. The van der Waals surface area contributed by atoms with Crippen molar-refractivity contribution in [2.45, 2.75) is 6.92 Å². The van der Waals surface area contributed by atoms with Crippen LogP contribution in [0.25, 0.3) is 0 Å². The minimum Gasteiger partial charge on any atom is -0.255 e. The second-order valence-electron chi connectivity index (χ2n) is 4.58. The van der Waals surface area contributed by atoms with E-state index in [1.54, 1.807) is 11.8 Å². The van der Waals surface area contributed by atoms with Crippen LogP contribution in [0, 0.1) is 6.92 Å². The summed E-state index contributed by atoms with van der Waals surface area (Å²) < 4.78 is 0. The summed E-state index contributed by atoms with van der Waals surface area (Å²) in [5, 5.41) is 5.26. The fourth-order valence-corrected chi connectivity index (χ4v) is 2.75. The molecule has 2 aromatic rings. The van der Waals surface area contributed by atoms with Gasteiger partial charge < -0.3 is 0 Å². The van der Waals surface area contributed by atoms with Gasteiger partial charge in [0.15, 0.2) is 5.17 Å². The Hall–Kier alpha value is -2.07. The standard InChI is InChI=1S/C16H15N3S/c1-12-6-5-9-14(10-12)17-16-19-18-15(11-20-16)13-7-3-2-4-8-13/h2-10H,11H2,1H3,(H,17,19). The zero-order chi connectivity index (χ0) is 13.8. The first-order valence-electron chi connectivity index (χ1n) is 6.47. The van der Waals surface area contributed by atoms with Gasteiger partial charge in [0.1, 0.15) is 0 Å². The number of amidine groups is 1. The Labute approximate surface area is 122 Å². The lowest BCUT2D eigenvalue weighted by Crippen LogP contribution is -2.25. The quantitative estimate of drug-likeness (QED) is 0.910. The molecule has 0 aromatic heterocycles. The van der Waals surface area contributed by atoms with Crippen LogP contribution in [-0.2, 0) is 0 Å². The van der Waals surface area contributed by atoms with Crippen molar-refractivity contribution in [3.8, 4) is 0 Å². The lowest BCUT2D eigenvalue weighted by atomic mass is 10.1. The number of nitrogens with one attached hydrogen (secondary N) is 1. The highest BCUT2D eigenvalue weighted by Gasteiger charge is 2.12. The molecule has 20 heavy (non-hydrogen) atoms. The number of benzene rings is 2. The van der Waals surface area contributed by atoms with Crippen molar-refractivity contribution in [3.05, 3.63) is 65.7 Å². The van der Waals surface area contributed by atoms with E-state index in [1.807, 2.05) is 30.3 Å². The fourth-order valence-electron chi connectivity index (χ4n) is 1.97. The number of rotatable bonds is 2. The Morgan fingerprint density at radius 2 is 1.95 bits per heavy atom. The van der Waals surface area contributed by atoms with Gasteiger partial charge in [-0.05, 0) is 30.2 Å². The maximum absolute atomic E-state index is 4.57. The van der Waals surface area contributed by atoms with E-state index >= 15 is 0 Å². The van der Waals surface area contributed by atoms with Crippen molar-refractivity contribution in [1.29, 1.82) is 0 Å². The topological polar surface area (TPSA) is 36.8 Å². The molecule has 0 spiro atoms. The van der Waals surface area contributed by atoms with Crippen LogP contribution in [-0.4, -0.2) is 16.6 Å². The smallest absolute Gasteiger partial charge is 0.182 e. The van der Waals surface area contributed by atoms with E-state index in [0.717, 1.165) is 27.9 Å². The first kappa shape index (κ1) is 12.9. The molecule has 1 heterocycles. The molecule has 0 aliphatic carbocycles. The molecule has 0 unspecified atom stereocenters. The third kappa shape index (κ3) is 3.08. The highest BCUT2D eigenvalue weighted by molar-refractivity contribution is 8.14. The predicted octanol–water partition coefficient (Wildman–Crippen LogP) is 3.72. The minimum atomic E-state index is 0.835. The van der Waals surface area contributed by atoms with E-state index in [0.29, 0.717) is 0 Å². The number of aryl methyl sites for hydroxylation is 1. The van der Waals surface area contributed by atoms with Crippen molar-refractivity contribution in [1.82, 2.24) is 5.43 Å². The highest BCUT2D eigenvalue weighted by Crippen LogP contribution is 2.19. The lowest BCUT2D eigenvalue weighted by molar-refractivity contribution is 1.03. The van der Waals surface area contributed by atoms with Gasteiger partial charge in [-0.2, -0.15) is 5.10 Å². The molecule has 0 saturated heterocycles. The molecular formula is C16H15N3S. The van der Waals surface area contributed by atoms with Crippen LogP contribution in [0.2, 0.25) is 0 Å². The minimum absolute atomic E-state index is 0.835. The van der Waals surface area contributed by atoms with E-state index in [2.05, 4.69) is 46.7 Å².